The highest BCUT2D eigenvalue weighted by molar-refractivity contribution is 6.31. The van der Waals surface area contributed by atoms with E-state index >= 15 is 0 Å². The highest BCUT2D eigenvalue weighted by Gasteiger charge is 2.23. The second kappa shape index (κ2) is 7.11. The van der Waals surface area contributed by atoms with Crippen LogP contribution in [-0.2, 0) is 20.7 Å². The van der Waals surface area contributed by atoms with E-state index in [-0.39, 0.29) is 6.42 Å². The zero-order chi connectivity index (χ0) is 14.4. The van der Waals surface area contributed by atoms with Gasteiger partial charge in [-0.3, -0.25) is 9.59 Å². The van der Waals surface area contributed by atoms with Crippen LogP contribution in [0.25, 0.3) is 0 Å². The van der Waals surface area contributed by atoms with E-state index < -0.39 is 24.0 Å². The van der Waals surface area contributed by atoms with E-state index in [1.165, 1.54) is 0 Å². The molecule has 1 amide bonds. The van der Waals surface area contributed by atoms with Gasteiger partial charge in [0.15, 0.2) is 6.10 Å². The fourth-order valence-corrected chi connectivity index (χ4v) is 1.77. The summed E-state index contributed by atoms with van der Waals surface area (Å²) in [6.45, 7) is 1.70. The summed E-state index contributed by atoms with van der Waals surface area (Å²) in [4.78, 5) is 22.7. The van der Waals surface area contributed by atoms with Gasteiger partial charge in [-0.25, -0.2) is 0 Å². The van der Waals surface area contributed by atoms with Crippen LogP contribution in [0.2, 0.25) is 5.02 Å². The van der Waals surface area contributed by atoms with Crippen molar-refractivity contribution in [2.24, 2.45) is 11.5 Å². The zero-order valence-electron chi connectivity index (χ0n) is 10.6. The molecule has 0 radical (unpaired) electrons. The number of rotatable bonds is 6. The Labute approximate surface area is 116 Å². The lowest BCUT2D eigenvalue weighted by atomic mass is 10.1. The number of primary amides is 1. The van der Waals surface area contributed by atoms with Crippen LogP contribution >= 0.6 is 11.6 Å². The molecule has 104 valence electrons. The second-order valence-corrected chi connectivity index (χ2v) is 4.55. The van der Waals surface area contributed by atoms with Crippen LogP contribution in [-0.4, -0.2) is 24.0 Å². The number of esters is 1. The molecule has 0 aromatic heterocycles. The van der Waals surface area contributed by atoms with Gasteiger partial charge in [0.05, 0.1) is 0 Å². The third kappa shape index (κ3) is 4.54. The number of hydrogen-bond acceptors (Lipinski definition) is 4. The molecular formula is C13H17ClN2O3. The Bertz CT molecular complexity index is 465. The molecule has 0 aliphatic rings. The quantitative estimate of drug-likeness (QED) is 0.762. The first-order chi connectivity index (χ1) is 8.95. The molecule has 19 heavy (non-hydrogen) atoms. The maximum atomic E-state index is 11.7. The summed E-state index contributed by atoms with van der Waals surface area (Å²) in [6, 6.07) is 6.20. The second-order valence-electron chi connectivity index (χ2n) is 4.14. The molecule has 1 aromatic carbocycles. The minimum absolute atomic E-state index is 0.244. The molecule has 0 heterocycles. The van der Waals surface area contributed by atoms with Gasteiger partial charge in [0.25, 0.3) is 5.91 Å². The Kier molecular flexibility index (Phi) is 5.79. The van der Waals surface area contributed by atoms with Gasteiger partial charge in [-0.05, 0) is 24.5 Å². The Morgan fingerprint density at radius 1 is 1.37 bits per heavy atom. The molecule has 0 saturated carbocycles. The average Bonchev–Trinajstić information content (AvgIpc) is 2.37. The first kappa shape index (κ1) is 15.5. The average molecular weight is 285 g/mol. The molecule has 5 nitrogen and oxygen atoms in total. The molecule has 2 atom stereocenters. The largest absolute Gasteiger partial charge is 0.451 e. The summed E-state index contributed by atoms with van der Waals surface area (Å²) < 4.78 is 4.95. The molecule has 0 saturated heterocycles. The lowest BCUT2D eigenvalue weighted by Crippen LogP contribution is -2.40. The van der Waals surface area contributed by atoms with Gasteiger partial charge in [0.2, 0.25) is 0 Å². The summed E-state index contributed by atoms with van der Waals surface area (Å²) >= 11 is 5.97. The first-order valence-corrected chi connectivity index (χ1v) is 6.32. The number of ether oxygens (including phenoxy) is 1. The third-order valence-electron chi connectivity index (χ3n) is 2.65. The number of hydrogen-bond donors (Lipinski definition) is 2. The maximum absolute atomic E-state index is 11.7. The first-order valence-electron chi connectivity index (χ1n) is 5.94. The summed E-state index contributed by atoms with van der Waals surface area (Å²) in [5.74, 6) is -1.34. The normalized spacial score (nSPS) is 13.6. The van der Waals surface area contributed by atoms with Crippen LogP contribution < -0.4 is 11.5 Å². The van der Waals surface area contributed by atoms with Crippen molar-refractivity contribution in [3.8, 4) is 0 Å². The summed E-state index contributed by atoms with van der Waals surface area (Å²) in [5, 5.41) is 0.535. The fourth-order valence-electron chi connectivity index (χ4n) is 1.55. The minimum Gasteiger partial charge on any atom is -0.451 e. The predicted octanol–water partition coefficient (Wildman–Crippen LogP) is 1.02. The maximum Gasteiger partial charge on any atom is 0.324 e. The minimum atomic E-state index is -0.940. The fraction of sp³-hybridized carbons (Fsp3) is 0.385. The lowest BCUT2D eigenvalue weighted by molar-refractivity contribution is -0.156. The van der Waals surface area contributed by atoms with Crippen molar-refractivity contribution in [2.75, 3.05) is 0 Å². The predicted molar refractivity (Wildman–Crippen MR) is 72.5 cm³/mol. The van der Waals surface area contributed by atoms with E-state index in [4.69, 9.17) is 27.8 Å². The van der Waals surface area contributed by atoms with Gasteiger partial charge in [-0.1, -0.05) is 36.7 Å². The van der Waals surface area contributed by atoms with Crippen LogP contribution in [0.4, 0.5) is 0 Å². The Morgan fingerprint density at radius 2 is 2.00 bits per heavy atom. The van der Waals surface area contributed by atoms with E-state index in [2.05, 4.69) is 0 Å². The van der Waals surface area contributed by atoms with Crippen LogP contribution in [0.15, 0.2) is 24.3 Å². The van der Waals surface area contributed by atoms with Gasteiger partial charge in [-0.15, -0.1) is 0 Å². The van der Waals surface area contributed by atoms with Crippen molar-refractivity contribution in [3.05, 3.63) is 34.9 Å². The number of nitrogens with two attached hydrogens (primary N) is 2. The third-order valence-corrected chi connectivity index (χ3v) is 3.02. The lowest BCUT2D eigenvalue weighted by Gasteiger charge is -2.16. The number of carbonyl (C=O) groups excluding carboxylic acids is 2. The molecule has 6 heteroatoms. The van der Waals surface area contributed by atoms with E-state index in [9.17, 15) is 9.59 Å². The SMILES string of the molecule is CCC(OC(=O)C(N)Cc1ccccc1Cl)C(N)=O. The number of carbonyl (C=O) groups is 2. The van der Waals surface area contributed by atoms with Crippen molar-refractivity contribution < 1.29 is 14.3 Å². The number of halogens is 1. The van der Waals surface area contributed by atoms with Crippen molar-refractivity contribution in [1.29, 1.82) is 0 Å². The van der Waals surface area contributed by atoms with Crippen LogP contribution in [0, 0.1) is 0 Å². The Hall–Kier alpha value is -1.59. The van der Waals surface area contributed by atoms with Gasteiger partial charge in [0.1, 0.15) is 6.04 Å². The molecular weight excluding hydrogens is 268 g/mol. The zero-order valence-corrected chi connectivity index (χ0v) is 11.4. The van der Waals surface area contributed by atoms with Crippen molar-refractivity contribution in [1.82, 2.24) is 0 Å². The molecule has 4 N–H and O–H groups in total. The van der Waals surface area contributed by atoms with E-state index in [1.54, 1.807) is 31.2 Å². The summed E-state index contributed by atoms with van der Waals surface area (Å²) in [6.07, 6.45) is -0.377. The van der Waals surface area contributed by atoms with Gasteiger partial charge in [-0.2, -0.15) is 0 Å². The standard InChI is InChI=1S/C13H17ClN2O3/c1-2-11(12(16)17)19-13(18)10(15)7-8-5-3-4-6-9(8)14/h3-6,10-11H,2,7,15H2,1H3,(H2,16,17). The molecule has 0 spiro atoms. The highest BCUT2D eigenvalue weighted by Crippen LogP contribution is 2.16. The Morgan fingerprint density at radius 3 is 2.53 bits per heavy atom. The van der Waals surface area contributed by atoms with Crippen molar-refractivity contribution in [3.63, 3.8) is 0 Å². The number of amides is 1. The monoisotopic (exact) mass is 284 g/mol. The van der Waals surface area contributed by atoms with Gasteiger partial charge >= 0.3 is 5.97 Å². The molecule has 1 rings (SSSR count). The molecule has 0 aliphatic heterocycles. The Balaban J connectivity index is 2.63. The van der Waals surface area contributed by atoms with Gasteiger partial charge < -0.3 is 16.2 Å². The topological polar surface area (TPSA) is 95.4 Å². The van der Waals surface area contributed by atoms with Crippen LogP contribution in [0.5, 0.6) is 0 Å². The van der Waals surface area contributed by atoms with Crippen molar-refractivity contribution in [2.45, 2.75) is 31.9 Å². The van der Waals surface area contributed by atoms with Crippen LogP contribution in [0.1, 0.15) is 18.9 Å². The number of benzene rings is 1. The molecule has 0 aliphatic carbocycles. The summed E-state index contributed by atoms with van der Waals surface area (Å²) in [7, 11) is 0. The molecule has 0 bridgehead atoms. The van der Waals surface area contributed by atoms with E-state index in [0.717, 1.165) is 5.56 Å². The van der Waals surface area contributed by atoms with E-state index in [0.29, 0.717) is 11.4 Å². The molecule has 1 aromatic rings. The smallest absolute Gasteiger partial charge is 0.324 e. The highest BCUT2D eigenvalue weighted by atomic mass is 35.5. The van der Waals surface area contributed by atoms with Gasteiger partial charge in [0, 0.05) is 5.02 Å². The van der Waals surface area contributed by atoms with E-state index in [1.807, 2.05) is 0 Å². The van der Waals surface area contributed by atoms with Crippen molar-refractivity contribution >= 4 is 23.5 Å². The summed E-state index contributed by atoms with van der Waals surface area (Å²) in [5.41, 5.74) is 11.6. The molecule has 0 fully saturated rings. The van der Waals surface area contributed by atoms with Crippen LogP contribution in [0.3, 0.4) is 0 Å². The molecule has 2 unspecified atom stereocenters.